The summed E-state index contributed by atoms with van der Waals surface area (Å²) < 4.78 is 43.3. The van der Waals surface area contributed by atoms with Gasteiger partial charge >= 0.3 is 6.61 Å². The van der Waals surface area contributed by atoms with Crippen LogP contribution in [0.15, 0.2) is 30.6 Å². The first-order valence-corrected chi connectivity index (χ1v) is 7.70. The number of alkyl halides is 2. The zero-order valence-electron chi connectivity index (χ0n) is 13.6. The fraction of sp³-hybridized carbons (Fsp3) is 0.250. The van der Waals surface area contributed by atoms with Crippen molar-refractivity contribution in [2.75, 3.05) is 0 Å². The first kappa shape index (κ1) is 17.6. The first-order valence-electron chi connectivity index (χ1n) is 7.70. The summed E-state index contributed by atoms with van der Waals surface area (Å²) in [6.07, 6.45) is 3.21. The van der Waals surface area contributed by atoms with Crippen molar-refractivity contribution < 1.29 is 22.7 Å². The minimum atomic E-state index is -3.20. The molecule has 0 fully saturated rings. The highest BCUT2D eigenvalue weighted by molar-refractivity contribution is 5.94. The fourth-order valence-corrected chi connectivity index (χ4v) is 2.46. The number of aryl methyl sites for hydroxylation is 1. The molecule has 3 heterocycles. The Bertz CT molecular complexity index is 945. The summed E-state index contributed by atoms with van der Waals surface area (Å²) in [5.74, 6) is -2.61. The van der Waals surface area contributed by atoms with Crippen LogP contribution in [0.2, 0.25) is 0 Å². The van der Waals surface area contributed by atoms with E-state index in [-0.39, 0.29) is 12.1 Å². The van der Waals surface area contributed by atoms with Gasteiger partial charge in [-0.1, -0.05) is 6.92 Å². The van der Waals surface area contributed by atoms with Crippen molar-refractivity contribution in [3.05, 3.63) is 53.2 Å². The molecule has 136 valence electrons. The lowest BCUT2D eigenvalue weighted by Gasteiger charge is -2.08. The number of hydrogen-bond donors (Lipinski definition) is 1. The molecule has 0 aliphatic rings. The Balaban J connectivity index is 1.76. The molecule has 0 unspecified atom stereocenters. The summed E-state index contributed by atoms with van der Waals surface area (Å²) in [6.45, 7) is -1.13. The van der Waals surface area contributed by atoms with Gasteiger partial charge < -0.3 is 10.1 Å². The van der Waals surface area contributed by atoms with Crippen LogP contribution in [-0.4, -0.2) is 32.3 Å². The molecule has 7 nitrogen and oxygen atoms in total. The van der Waals surface area contributed by atoms with Gasteiger partial charge in [-0.25, -0.2) is 9.37 Å². The predicted molar refractivity (Wildman–Crippen MR) is 84.4 cm³/mol. The van der Waals surface area contributed by atoms with E-state index in [2.05, 4.69) is 25.2 Å². The third kappa shape index (κ3) is 3.58. The van der Waals surface area contributed by atoms with Crippen molar-refractivity contribution in [1.29, 1.82) is 0 Å². The molecule has 0 atom stereocenters. The normalized spacial score (nSPS) is 11.1. The molecule has 0 saturated heterocycles. The molecule has 3 aromatic rings. The molecule has 0 aromatic carbocycles. The van der Waals surface area contributed by atoms with E-state index in [1.807, 2.05) is 13.0 Å². The number of pyridine rings is 1. The van der Waals surface area contributed by atoms with Crippen LogP contribution in [0.1, 0.15) is 28.5 Å². The second kappa shape index (κ2) is 7.38. The lowest BCUT2D eigenvalue weighted by Crippen LogP contribution is -2.23. The number of fused-ring (bicyclic) bond motifs is 1. The van der Waals surface area contributed by atoms with E-state index in [1.54, 1.807) is 12.3 Å². The molecular weight excluding hydrogens is 351 g/mol. The maximum absolute atomic E-state index is 13.7. The van der Waals surface area contributed by atoms with Gasteiger partial charge in [-0.3, -0.25) is 4.79 Å². The van der Waals surface area contributed by atoms with Crippen LogP contribution in [0.4, 0.5) is 13.2 Å². The molecule has 10 heteroatoms. The fourth-order valence-electron chi connectivity index (χ4n) is 2.46. The SMILES string of the molecule is CCc1nn2ncccc2c1CNC(=O)c1cnc(OC(F)F)c(F)c1. The van der Waals surface area contributed by atoms with Gasteiger partial charge in [-0.05, 0) is 24.6 Å². The third-order valence-corrected chi connectivity index (χ3v) is 3.64. The number of nitrogens with one attached hydrogen (secondary N) is 1. The summed E-state index contributed by atoms with van der Waals surface area (Å²) in [4.78, 5) is 15.6. The predicted octanol–water partition coefficient (Wildman–Crippen LogP) is 2.36. The highest BCUT2D eigenvalue weighted by Gasteiger charge is 2.17. The van der Waals surface area contributed by atoms with Crippen LogP contribution in [0, 0.1) is 5.82 Å². The Hall–Kier alpha value is -3.17. The van der Waals surface area contributed by atoms with Gasteiger partial charge in [0.15, 0.2) is 5.82 Å². The van der Waals surface area contributed by atoms with Crippen molar-refractivity contribution in [3.63, 3.8) is 0 Å². The van der Waals surface area contributed by atoms with Gasteiger partial charge in [0, 0.05) is 24.5 Å². The maximum atomic E-state index is 13.7. The highest BCUT2D eigenvalue weighted by atomic mass is 19.3. The Morgan fingerprint density at radius 1 is 1.42 bits per heavy atom. The molecule has 3 aromatic heterocycles. The van der Waals surface area contributed by atoms with Crippen molar-refractivity contribution in [3.8, 4) is 5.88 Å². The molecule has 26 heavy (non-hydrogen) atoms. The van der Waals surface area contributed by atoms with Crippen LogP contribution < -0.4 is 10.1 Å². The van der Waals surface area contributed by atoms with Crippen LogP contribution >= 0.6 is 0 Å². The highest BCUT2D eigenvalue weighted by Crippen LogP contribution is 2.18. The number of carbonyl (C=O) groups excluding carboxylic acids is 1. The van der Waals surface area contributed by atoms with Crippen LogP contribution in [0.3, 0.4) is 0 Å². The Kier molecular flexibility index (Phi) is 5.01. The van der Waals surface area contributed by atoms with Crippen molar-refractivity contribution in [1.82, 2.24) is 25.1 Å². The number of carbonyl (C=O) groups is 1. The average molecular weight is 365 g/mol. The van der Waals surface area contributed by atoms with Crippen molar-refractivity contribution in [2.24, 2.45) is 0 Å². The molecule has 0 spiro atoms. The molecule has 0 aliphatic carbocycles. The van der Waals surface area contributed by atoms with Gasteiger partial charge in [0.05, 0.1) is 16.8 Å². The monoisotopic (exact) mass is 365 g/mol. The molecule has 0 radical (unpaired) electrons. The van der Waals surface area contributed by atoms with Crippen LogP contribution in [0.5, 0.6) is 5.88 Å². The number of aromatic nitrogens is 4. The topological polar surface area (TPSA) is 81.4 Å². The van der Waals surface area contributed by atoms with E-state index >= 15 is 0 Å². The number of halogens is 3. The van der Waals surface area contributed by atoms with E-state index in [4.69, 9.17) is 0 Å². The number of ether oxygens (including phenoxy) is 1. The first-order chi connectivity index (χ1) is 12.5. The van der Waals surface area contributed by atoms with E-state index in [0.717, 1.165) is 29.0 Å². The quantitative estimate of drug-likeness (QED) is 0.725. The Morgan fingerprint density at radius 3 is 2.92 bits per heavy atom. The summed E-state index contributed by atoms with van der Waals surface area (Å²) >= 11 is 0. The second-order valence-corrected chi connectivity index (χ2v) is 5.25. The Morgan fingerprint density at radius 2 is 2.23 bits per heavy atom. The summed E-state index contributed by atoms with van der Waals surface area (Å²) in [5, 5.41) is 11.1. The summed E-state index contributed by atoms with van der Waals surface area (Å²) in [5.41, 5.74) is 2.19. The van der Waals surface area contributed by atoms with Gasteiger partial charge in [0.1, 0.15) is 0 Å². The van der Waals surface area contributed by atoms with E-state index in [0.29, 0.717) is 6.42 Å². The maximum Gasteiger partial charge on any atom is 0.388 e. The largest absolute Gasteiger partial charge is 0.414 e. The lowest BCUT2D eigenvalue weighted by atomic mass is 10.1. The van der Waals surface area contributed by atoms with Gasteiger partial charge in [-0.2, -0.15) is 23.6 Å². The van der Waals surface area contributed by atoms with Crippen LogP contribution in [0.25, 0.3) is 5.52 Å². The number of nitrogens with zero attached hydrogens (tertiary/aromatic N) is 4. The zero-order chi connectivity index (χ0) is 18.7. The third-order valence-electron chi connectivity index (χ3n) is 3.64. The Labute approximate surface area is 145 Å². The van der Waals surface area contributed by atoms with Crippen molar-refractivity contribution >= 4 is 11.4 Å². The number of hydrogen-bond acceptors (Lipinski definition) is 5. The molecule has 0 saturated carbocycles. The molecule has 3 rings (SSSR count). The lowest BCUT2D eigenvalue weighted by molar-refractivity contribution is -0.0553. The summed E-state index contributed by atoms with van der Waals surface area (Å²) in [6, 6.07) is 4.36. The number of rotatable bonds is 6. The van der Waals surface area contributed by atoms with Gasteiger partial charge in [0.25, 0.3) is 11.8 Å². The zero-order valence-corrected chi connectivity index (χ0v) is 13.6. The van der Waals surface area contributed by atoms with Gasteiger partial charge in [0.2, 0.25) is 0 Å². The van der Waals surface area contributed by atoms with E-state index in [9.17, 15) is 18.0 Å². The van der Waals surface area contributed by atoms with Crippen molar-refractivity contribution in [2.45, 2.75) is 26.5 Å². The smallest absolute Gasteiger partial charge is 0.388 e. The molecular formula is C16H14F3N5O2. The molecule has 1 amide bonds. The van der Waals surface area contributed by atoms with E-state index < -0.39 is 24.2 Å². The molecule has 0 aliphatic heterocycles. The van der Waals surface area contributed by atoms with Crippen LogP contribution in [-0.2, 0) is 13.0 Å². The molecule has 1 N–H and O–H groups in total. The second-order valence-electron chi connectivity index (χ2n) is 5.25. The molecule has 0 bridgehead atoms. The standard InChI is InChI=1S/C16H14F3N5O2/c1-2-12-10(13-4-3-5-22-24(13)23-12)8-20-14(25)9-6-11(17)15(21-7-9)26-16(18)19/h3-7,16H,2,8H2,1H3,(H,20,25). The van der Waals surface area contributed by atoms with E-state index in [1.165, 1.54) is 4.63 Å². The summed E-state index contributed by atoms with van der Waals surface area (Å²) in [7, 11) is 0. The van der Waals surface area contributed by atoms with Gasteiger partial charge in [-0.15, -0.1) is 0 Å². The average Bonchev–Trinajstić information content (AvgIpc) is 2.98. The minimum absolute atomic E-state index is 0.114. The number of amides is 1. The minimum Gasteiger partial charge on any atom is -0.414 e.